The van der Waals surface area contributed by atoms with E-state index in [-0.39, 0.29) is 24.5 Å². The molecular formula is C9H14O4. The molecule has 2 saturated heterocycles. The molecule has 0 radical (unpaired) electrons. The van der Waals surface area contributed by atoms with E-state index < -0.39 is 0 Å². The minimum atomic E-state index is -0.244. The molecule has 4 atom stereocenters. The van der Waals surface area contributed by atoms with Gasteiger partial charge in [0.15, 0.2) is 6.29 Å². The first-order valence-corrected chi connectivity index (χ1v) is 4.61. The van der Waals surface area contributed by atoms with Crippen molar-refractivity contribution in [2.45, 2.75) is 38.8 Å². The second-order valence-electron chi connectivity index (χ2n) is 3.74. The summed E-state index contributed by atoms with van der Waals surface area (Å²) in [5.41, 5.74) is 0. The van der Waals surface area contributed by atoms with Gasteiger partial charge in [0.25, 0.3) is 0 Å². The van der Waals surface area contributed by atoms with Crippen LogP contribution in [-0.2, 0) is 19.0 Å². The Labute approximate surface area is 77.1 Å². The molecule has 4 nitrogen and oxygen atoms in total. The first-order chi connectivity index (χ1) is 6.16. The van der Waals surface area contributed by atoms with Crippen molar-refractivity contribution in [1.29, 1.82) is 0 Å². The van der Waals surface area contributed by atoms with Crippen LogP contribution < -0.4 is 0 Å². The molecule has 2 fully saturated rings. The number of carbonyl (C=O) groups excluding carboxylic acids is 1. The van der Waals surface area contributed by atoms with Crippen LogP contribution in [-0.4, -0.2) is 31.1 Å². The number of hydrogen-bond acceptors (Lipinski definition) is 4. The number of fused-ring (bicyclic) bond motifs is 2. The average molecular weight is 186 g/mol. The van der Waals surface area contributed by atoms with Crippen LogP contribution in [0.4, 0.5) is 0 Å². The fraction of sp³-hybridized carbons (Fsp3) is 0.889. The highest BCUT2D eigenvalue weighted by atomic mass is 16.7. The van der Waals surface area contributed by atoms with Crippen molar-refractivity contribution < 1.29 is 19.0 Å². The van der Waals surface area contributed by atoms with Crippen molar-refractivity contribution in [1.82, 2.24) is 0 Å². The van der Waals surface area contributed by atoms with E-state index in [4.69, 9.17) is 14.2 Å². The van der Waals surface area contributed by atoms with Crippen LogP contribution in [0, 0.1) is 5.92 Å². The highest BCUT2D eigenvalue weighted by Crippen LogP contribution is 2.33. The summed E-state index contributed by atoms with van der Waals surface area (Å²) in [4.78, 5) is 10.8. The summed E-state index contributed by atoms with van der Waals surface area (Å²) in [6.07, 6.45) is 0.586. The average Bonchev–Trinajstić information content (AvgIpc) is 2.44. The van der Waals surface area contributed by atoms with Gasteiger partial charge >= 0.3 is 5.97 Å². The molecule has 74 valence electrons. The quantitative estimate of drug-likeness (QED) is 0.565. The zero-order valence-electron chi connectivity index (χ0n) is 7.86. The van der Waals surface area contributed by atoms with E-state index in [1.54, 1.807) is 0 Å². The van der Waals surface area contributed by atoms with E-state index in [0.717, 1.165) is 6.42 Å². The monoisotopic (exact) mass is 186 g/mol. The predicted octanol–water partition coefficient (Wildman–Crippen LogP) is 0.699. The highest BCUT2D eigenvalue weighted by molar-refractivity contribution is 5.66. The molecule has 0 aromatic heterocycles. The molecule has 0 aromatic rings. The van der Waals surface area contributed by atoms with Crippen molar-refractivity contribution in [2.24, 2.45) is 5.92 Å². The molecule has 13 heavy (non-hydrogen) atoms. The van der Waals surface area contributed by atoms with Crippen molar-refractivity contribution in [3.05, 3.63) is 0 Å². The summed E-state index contributed by atoms with van der Waals surface area (Å²) < 4.78 is 16.1. The Morgan fingerprint density at radius 3 is 3.00 bits per heavy atom. The molecule has 2 aliphatic heterocycles. The van der Waals surface area contributed by atoms with Gasteiger partial charge in [-0.3, -0.25) is 4.79 Å². The van der Waals surface area contributed by atoms with Gasteiger partial charge in [-0.05, 0) is 6.42 Å². The molecule has 2 heterocycles. The largest absolute Gasteiger partial charge is 0.460 e. The number of hydrogen-bond donors (Lipinski definition) is 0. The van der Waals surface area contributed by atoms with Gasteiger partial charge in [-0.2, -0.15) is 0 Å². The molecule has 0 saturated carbocycles. The maximum Gasteiger partial charge on any atom is 0.302 e. The molecule has 2 rings (SSSR count). The lowest BCUT2D eigenvalue weighted by molar-refractivity contribution is -0.177. The maximum atomic E-state index is 10.8. The second kappa shape index (κ2) is 3.27. The first-order valence-electron chi connectivity index (χ1n) is 4.61. The Bertz CT molecular complexity index is 216. The Kier molecular flexibility index (Phi) is 2.26. The second-order valence-corrected chi connectivity index (χ2v) is 3.74. The van der Waals surface area contributed by atoms with Gasteiger partial charge in [0, 0.05) is 12.8 Å². The van der Waals surface area contributed by atoms with Crippen LogP contribution in [0.3, 0.4) is 0 Å². The van der Waals surface area contributed by atoms with E-state index >= 15 is 0 Å². The normalized spacial score (nSPS) is 43.2. The molecule has 2 aliphatic rings. The van der Waals surface area contributed by atoms with Crippen LogP contribution in [0.2, 0.25) is 0 Å². The Morgan fingerprint density at radius 2 is 2.31 bits per heavy atom. The van der Waals surface area contributed by atoms with Crippen LogP contribution in [0.1, 0.15) is 20.3 Å². The highest BCUT2D eigenvalue weighted by Gasteiger charge is 2.43. The van der Waals surface area contributed by atoms with Gasteiger partial charge in [0.2, 0.25) is 0 Å². The van der Waals surface area contributed by atoms with E-state index in [1.807, 2.05) is 6.92 Å². The minimum Gasteiger partial charge on any atom is -0.460 e. The zero-order chi connectivity index (χ0) is 9.42. The molecular weight excluding hydrogens is 172 g/mol. The maximum absolute atomic E-state index is 10.8. The zero-order valence-corrected chi connectivity index (χ0v) is 7.86. The molecule has 0 spiro atoms. The Morgan fingerprint density at radius 1 is 1.54 bits per heavy atom. The van der Waals surface area contributed by atoms with Gasteiger partial charge in [-0.15, -0.1) is 0 Å². The molecule has 0 aromatic carbocycles. The lowest BCUT2D eigenvalue weighted by atomic mass is 9.98. The molecule has 0 aliphatic carbocycles. The van der Waals surface area contributed by atoms with Gasteiger partial charge in [0.05, 0.1) is 6.61 Å². The van der Waals surface area contributed by atoms with Gasteiger partial charge in [-0.25, -0.2) is 0 Å². The topological polar surface area (TPSA) is 44.8 Å². The predicted molar refractivity (Wildman–Crippen MR) is 43.9 cm³/mol. The summed E-state index contributed by atoms with van der Waals surface area (Å²) in [6.45, 7) is 4.02. The summed E-state index contributed by atoms with van der Waals surface area (Å²) in [5, 5.41) is 0. The van der Waals surface area contributed by atoms with Gasteiger partial charge in [-0.1, -0.05) is 6.92 Å². The fourth-order valence-corrected chi connectivity index (χ4v) is 1.90. The molecule has 0 amide bonds. The first kappa shape index (κ1) is 8.97. The van der Waals surface area contributed by atoms with Crippen molar-refractivity contribution >= 4 is 5.97 Å². The number of rotatable bonds is 1. The number of ether oxygens (including phenoxy) is 3. The van der Waals surface area contributed by atoms with Crippen molar-refractivity contribution in [3.63, 3.8) is 0 Å². The molecule has 4 heteroatoms. The fourth-order valence-electron chi connectivity index (χ4n) is 1.90. The van der Waals surface area contributed by atoms with E-state index in [2.05, 4.69) is 0 Å². The molecule has 2 bridgehead atoms. The molecule has 0 N–H and O–H groups in total. The standard InChI is InChI=1S/C9H14O4/c1-5-3-7(12-6(2)10)8-4-11-9(5)13-8/h5,7-9H,3-4H2,1-2H3/t5-,7+,8+,9-/m0/s1. The van der Waals surface area contributed by atoms with Crippen LogP contribution >= 0.6 is 0 Å². The Hall–Kier alpha value is -0.610. The van der Waals surface area contributed by atoms with Gasteiger partial charge < -0.3 is 14.2 Å². The third-order valence-electron chi connectivity index (χ3n) is 2.53. The number of carbonyl (C=O) groups is 1. The Balaban J connectivity index is 2.00. The van der Waals surface area contributed by atoms with Crippen molar-refractivity contribution in [2.75, 3.05) is 6.61 Å². The van der Waals surface area contributed by atoms with Crippen LogP contribution in [0.5, 0.6) is 0 Å². The summed E-state index contributed by atoms with van der Waals surface area (Å²) in [5.74, 6) is 0.0641. The van der Waals surface area contributed by atoms with Crippen LogP contribution in [0.15, 0.2) is 0 Å². The molecule has 0 unspecified atom stereocenters. The van der Waals surface area contributed by atoms with E-state index in [1.165, 1.54) is 6.92 Å². The summed E-state index contributed by atoms with van der Waals surface area (Å²) in [6, 6.07) is 0. The lowest BCUT2D eigenvalue weighted by Gasteiger charge is -2.30. The van der Waals surface area contributed by atoms with Crippen molar-refractivity contribution in [3.8, 4) is 0 Å². The summed E-state index contributed by atoms with van der Waals surface area (Å²) >= 11 is 0. The van der Waals surface area contributed by atoms with Crippen LogP contribution in [0.25, 0.3) is 0 Å². The van der Waals surface area contributed by atoms with E-state index in [9.17, 15) is 4.79 Å². The smallest absolute Gasteiger partial charge is 0.302 e. The SMILES string of the molecule is CC(=O)O[C@@H]1C[C@H](C)[C@H]2OC[C@H]1O2. The third kappa shape index (κ3) is 1.69. The van der Waals surface area contributed by atoms with Gasteiger partial charge in [0.1, 0.15) is 12.2 Å². The minimum absolute atomic E-state index is 0.0508. The third-order valence-corrected chi connectivity index (χ3v) is 2.53. The lowest BCUT2D eigenvalue weighted by Crippen LogP contribution is -2.40. The summed E-state index contributed by atoms with van der Waals surface area (Å²) in [7, 11) is 0. The number of esters is 1. The van der Waals surface area contributed by atoms with E-state index in [0.29, 0.717) is 12.5 Å².